The first-order chi connectivity index (χ1) is 9.06. The first-order valence-electron chi connectivity index (χ1n) is 5.88. The first-order valence-corrected chi connectivity index (χ1v) is 5.88. The second-order valence-electron chi connectivity index (χ2n) is 4.05. The van der Waals surface area contributed by atoms with E-state index in [4.69, 9.17) is 4.74 Å². The number of methoxy groups -OCH3 is 1. The van der Waals surface area contributed by atoms with Gasteiger partial charge in [0.1, 0.15) is 11.6 Å². The molecule has 0 amide bonds. The predicted molar refractivity (Wildman–Crippen MR) is 68.9 cm³/mol. The molecule has 19 heavy (non-hydrogen) atoms. The number of halogens is 1. The Morgan fingerprint density at radius 2 is 2.11 bits per heavy atom. The van der Waals surface area contributed by atoms with Gasteiger partial charge in [-0.3, -0.25) is 0 Å². The number of esters is 1. The number of ether oxygens (including phenoxy) is 2. The van der Waals surface area contributed by atoms with Gasteiger partial charge in [0.15, 0.2) is 5.69 Å². The van der Waals surface area contributed by atoms with Crippen LogP contribution in [-0.4, -0.2) is 24.7 Å². The van der Waals surface area contributed by atoms with E-state index in [9.17, 15) is 9.18 Å². The molecule has 0 aliphatic carbocycles. The maximum atomic E-state index is 13.5. The van der Waals surface area contributed by atoms with Gasteiger partial charge in [-0.05, 0) is 31.5 Å². The van der Waals surface area contributed by atoms with Crippen LogP contribution in [0.25, 0.3) is 10.9 Å². The van der Waals surface area contributed by atoms with Crippen molar-refractivity contribution in [2.24, 2.45) is 0 Å². The molecule has 5 heteroatoms. The van der Waals surface area contributed by atoms with Crippen LogP contribution in [0.3, 0.4) is 0 Å². The van der Waals surface area contributed by atoms with Crippen molar-refractivity contribution in [1.29, 1.82) is 0 Å². The zero-order chi connectivity index (χ0) is 14.0. The number of pyridine rings is 1. The molecule has 0 N–H and O–H groups in total. The minimum Gasteiger partial charge on any atom is -0.493 e. The number of benzene rings is 1. The zero-order valence-electron chi connectivity index (χ0n) is 11.0. The molecule has 100 valence electrons. The van der Waals surface area contributed by atoms with E-state index in [2.05, 4.69) is 9.72 Å². The fourth-order valence-electron chi connectivity index (χ4n) is 1.91. The molecule has 1 aromatic heterocycles. The van der Waals surface area contributed by atoms with Crippen molar-refractivity contribution in [2.75, 3.05) is 13.7 Å². The summed E-state index contributed by atoms with van der Waals surface area (Å²) in [7, 11) is 1.28. The van der Waals surface area contributed by atoms with E-state index in [1.165, 1.54) is 25.3 Å². The van der Waals surface area contributed by atoms with Crippen LogP contribution < -0.4 is 4.74 Å². The Kier molecular flexibility index (Phi) is 3.64. The van der Waals surface area contributed by atoms with E-state index in [0.29, 0.717) is 28.8 Å². The van der Waals surface area contributed by atoms with Gasteiger partial charge in [-0.25, -0.2) is 14.2 Å². The third kappa shape index (κ3) is 2.50. The average molecular weight is 263 g/mol. The van der Waals surface area contributed by atoms with Crippen molar-refractivity contribution < 1.29 is 18.7 Å². The minimum atomic E-state index is -0.549. The van der Waals surface area contributed by atoms with E-state index in [-0.39, 0.29) is 11.5 Å². The van der Waals surface area contributed by atoms with Crippen LogP contribution in [0, 0.1) is 12.7 Å². The summed E-state index contributed by atoms with van der Waals surface area (Å²) in [6.07, 6.45) is 0. The second kappa shape index (κ2) is 5.22. The van der Waals surface area contributed by atoms with Crippen molar-refractivity contribution in [3.8, 4) is 5.75 Å². The Bertz CT molecular complexity index is 640. The molecule has 0 aliphatic heterocycles. The molecule has 0 unspecified atom stereocenters. The lowest BCUT2D eigenvalue weighted by molar-refractivity contribution is 0.0594. The maximum Gasteiger partial charge on any atom is 0.356 e. The third-order valence-electron chi connectivity index (χ3n) is 2.73. The fourth-order valence-corrected chi connectivity index (χ4v) is 1.91. The van der Waals surface area contributed by atoms with Crippen molar-refractivity contribution in [3.05, 3.63) is 35.3 Å². The number of nitrogens with zero attached hydrogens (tertiary/aromatic N) is 1. The summed E-state index contributed by atoms with van der Waals surface area (Å²) < 4.78 is 23.6. The van der Waals surface area contributed by atoms with Crippen molar-refractivity contribution in [3.63, 3.8) is 0 Å². The Labute approximate surface area is 110 Å². The van der Waals surface area contributed by atoms with Gasteiger partial charge in [0.25, 0.3) is 0 Å². The van der Waals surface area contributed by atoms with Gasteiger partial charge < -0.3 is 9.47 Å². The Morgan fingerprint density at radius 1 is 1.37 bits per heavy atom. The largest absolute Gasteiger partial charge is 0.493 e. The van der Waals surface area contributed by atoms with E-state index in [1.807, 2.05) is 6.92 Å². The van der Waals surface area contributed by atoms with Crippen molar-refractivity contribution in [2.45, 2.75) is 13.8 Å². The van der Waals surface area contributed by atoms with E-state index in [0.717, 1.165) is 0 Å². The fraction of sp³-hybridized carbons (Fsp3) is 0.286. The third-order valence-corrected chi connectivity index (χ3v) is 2.73. The lowest BCUT2D eigenvalue weighted by atomic mass is 10.1. The van der Waals surface area contributed by atoms with Crippen LogP contribution in [0.2, 0.25) is 0 Å². The summed E-state index contributed by atoms with van der Waals surface area (Å²) in [6, 6.07) is 4.18. The van der Waals surface area contributed by atoms with Gasteiger partial charge in [-0.2, -0.15) is 0 Å². The summed E-state index contributed by atoms with van der Waals surface area (Å²) >= 11 is 0. The average Bonchev–Trinajstić information content (AvgIpc) is 2.38. The van der Waals surface area contributed by atoms with Gasteiger partial charge in [-0.15, -0.1) is 0 Å². The number of hydrogen-bond acceptors (Lipinski definition) is 4. The molecule has 0 atom stereocenters. The van der Waals surface area contributed by atoms with Crippen molar-refractivity contribution >= 4 is 16.9 Å². The number of aromatic nitrogens is 1. The van der Waals surface area contributed by atoms with Gasteiger partial charge in [-0.1, -0.05) is 0 Å². The molecule has 0 radical (unpaired) electrons. The van der Waals surface area contributed by atoms with Crippen LogP contribution in [-0.2, 0) is 4.74 Å². The van der Waals surface area contributed by atoms with Crippen LogP contribution in [0.1, 0.15) is 23.0 Å². The molecule has 1 heterocycles. The first kappa shape index (κ1) is 13.3. The molecular formula is C14H14FNO3. The number of aryl methyl sites for hydroxylation is 1. The monoisotopic (exact) mass is 263 g/mol. The lowest BCUT2D eigenvalue weighted by Crippen LogP contribution is -2.06. The number of carbonyl (C=O) groups excluding carboxylic acids is 1. The van der Waals surface area contributed by atoms with Crippen LogP contribution in [0.5, 0.6) is 5.75 Å². The highest BCUT2D eigenvalue weighted by Gasteiger charge is 2.15. The summed E-state index contributed by atoms with van der Waals surface area (Å²) in [6.45, 7) is 3.96. The predicted octanol–water partition coefficient (Wildman–Crippen LogP) is 2.87. The highest BCUT2D eigenvalue weighted by Crippen LogP contribution is 2.29. The van der Waals surface area contributed by atoms with E-state index >= 15 is 0 Å². The van der Waals surface area contributed by atoms with Gasteiger partial charge in [0.05, 0.1) is 19.2 Å². The topological polar surface area (TPSA) is 48.4 Å². The Balaban J connectivity index is 2.75. The standard InChI is InChI=1S/C14H14FNO3/c1-4-19-12-7-11(14(17)18-3)16-13-8(2)5-9(15)6-10(12)13/h5-7H,4H2,1-3H3. The molecule has 0 aliphatic rings. The Morgan fingerprint density at radius 3 is 2.74 bits per heavy atom. The number of carbonyl (C=O) groups is 1. The quantitative estimate of drug-likeness (QED) is 0.799. The minimum absolute atomic E-state index is 0.146. The number of rotatable bonds is 3. The summed E-state index contributed by atoms with van der Waals surface area (Å²) in [5, 5.41) is 0.548. The molecule has 2 rings (SSSR count). The Hall–Kier alpha value is -2.17. The van der Waals surface area contributed by atoms with Crippen LogP contribution >= 0.6 is 0 Å². The van der Waals surface area contributed by atoms with Crippen LogP contribution in [0.15, 0.2) is 18.2 Å². The second-order valence-corrected chi connectivity index (χ2v) is 4.05. The van der Waals surface area contributed by atoms with Crippen molar-refractivity contribution in [1.82, 2.24) is 4.98 Å². The smallest absolute Gasteiger partial charge is 0.356 e. The lowest BCUT2D eigenvalue weighted by Gasteiger charge is -2.11. The zero-order valence-corrected chi connectivity index (χ0v) is 11.0. The molecule has 1 aromatic carbocycles. The molecule has 2 aromatic rings. The highest BCUT2D eigenvalue weighted by molar-refractivity contribution is 5.95. The SMILES string of the molecule is CCOc1cc(C(=O)OC)nc2c(C)cc(F)cc12. The molecule has 0 bridgehead atoms. The van der Waals surface area contributed by atoms with Gasteiger partial charge >= 0.3 is 5.97 Å². The summed E-state index contributed by atoms with van der Waals surface area (Å²) in [5.41, 5.74) is 1.32. The van der Waals surface area contributed by atoms with Gasteiger partial charge in [0, 0.05) is 11.5 Å². The number of fused-ring (bicyclic) bond motifs is 1. The van der Waals surface area contributed by atoms with E-state index < -0.39 is 5.97 Å². The summed E-state index contributed by atoms with van der Waals surface area (Å²) in [4.78, 5) is 15.8. The van der Waals surface area contributed by atoms with E-state index in [1.54, 1.807) is 6.92 Å². The molecule has 0 saturated carbocycles. The molecule has 4 nitrogen and oxygen atoms in total. The normalized spacial score (nSPS) is 10.5. The summed E-state index contributed by atoms with van der Waals surface area (Å²) in [5.74, 6) is -0.486. The molecular weight excluding hydrogens is 249 g/mol. The molecule has 0 spiro atoms. The number of hydrogen-bond donors (Lipinski definition) is 0. The molecule has 0 fully saturated rings. The van der Waals surface area contributed by atoms with Gasteiger partial charge in [0.2, 0.25) is 0 Å². The molecule has 0 saturated heterocycles. The highest BCUT2D eigenvalue weighted by atomic mass is 19.1. The van der Waals surface area contributed by atoms with Crippen LogP contribution in [0.4, 0.5) is 4.39 Å². The maximum absolute atomic E-state index is 13.5.